The molecule has 4 aliphatic rings. The number of nitrogens with one attached hydrogen (secondary N) is 1. The third-order valence-electron chi connectivity index (χ3n) is 16.7. The number of alkyl halides is 2. The minimum Gasteiger partial charge on any atom is -0.480 e. The van der Waals surface area contributed by atoms with Crippen molar-refractivity contribution in [2.45, 2.75) is 147 Å². The number of carbonyl (C=O) groups is 5. The highest BCUT2D eigenvalue weighted by Gasteiger charge is 2.34. The molecule has 89 heavy (non-hydrogen) atoms. The van der Waals surface area contributed by atoms with Gasteiger partial charge >= 0.3 is 5.97 Å². The van der Waals surface area contributed by atoms with Crippen molar-refractivity contribution in [2.75, 3.05) is 13.1 Å². The van der Waals surface area contributed by atoms with Crippen LogP contribution >= 0.6 is 25.9 Å². The summed E-state index contributed by atoms with van der Waals surface area (Å²) in [6, 6.07) is 26.2. The molecule has 2 fully saturated rings. The second-order valence-electron chi connectivity index (χ2n) is 22.8. The average molecular weight is 1290 g/mol. The number of benzene rings is 2. The number of carboxylic acid groups (broad SMARTS) is 1. The van der Waals surface area contributed by atoms with E-state index < -0.39 is 42.3 Å². The zero-order valence-electron chi connectivity index (χ0n) is 49.7. The highest BCUT2D eigenvalue weighted by atomic mass is 35.5. The number of rotatable bonds is 14. The standard InChI is InChI=1S/C33H34FN5O3.C19H17N3O3.C14H21FN2O.ClH.S2.H2S/c1-20-4-2-6-25(37-20)16-31(40)30-11-9-24(34)12-13-39(30)32(41)19-38-18-27(33(35)42)26-15-21(8-10-29(26)38)23-14-22-5-3-7-28(22)36-17-23;20-19(25)15-9-22(10-18(23)24)17-5-4-11(7-14(15)17)13-6-12-2-1-3-16(12)21-8-13;1-10-3-2-4-12(17-10)9-14(18)13-6-5-11(15)7-8-16-13;;1-2;/h2,4,6,8,10,14-15,17-18,24,30H,3,5,7,9,11-13,16,19H2,1H3,(H2,35,42);4-9H,1-3,10H2,(H2,20,25)(H,23,24);2-4,11,13-14,16,18H,5-9H2,1H3;1H;;1H2/t24?,30-;;11?,13-,14?;;;/m0.0.../s1. The molecule has 2 saturated heterocycles. The van der Waals surface area contributed by atoms with Gasteiger partial charge in [-0.2, -0.15) is 13.5 Å². The molecule has 470 valence electrons. The summed E-state index contributed by atoms with van der Waals surface area (Å²) in [5.74, 6) is -2.60. The van der Waals surface area contributed by atoms with E-state index in [2.05, 4.69) is 59.8 Å². The predicted molar refractivity (Wildman–Crippen MR) is 353 cm³/mol. The smallest absolute Gasteiger partial charge is 0.323 e. The molecular formula is C66H75ClF2N10O7S3. The van der Waals surface area contributed by atoms with Crippen molar-refractivity contribution in [1.29, 1.82) is 0 Å². The van der Waals surface area contributed by atoms with E-state index >= 15 is 0 Å². The van der Waals surface area contributed by atoms with Crippen LogP contribution in [0.2, 0.25) is 0 Å². The number of nitrogens with zero attached hydrogens (tertiary/aromatic N) is 7. The second kappa shape index (κ2) is 31.8. The number of aryl methyl sites for hydroxylation is 6. The summed E-state index contributed by atoms with van der Waals surface area (Å²) in [6.45, 7) is 4.26. The largest absolute Gasteiger partial charge is 0.480 e. The van der Waals surface area contributed by atoms with E-state index in [1.165, 1.54) is 26.8 Å². The minimum absolute atomic E-state index is 0. The van der Waals surface area contributed by atoms with Crippen LogP contribution in [0.1, 0.15) is 117 Å². The lowest BCUT2D eigenvalue weighted by Crippen LogP contribution is -2.46. The van der Waals surface area contributed by atoms with Crippen LogP contribution in [0.15, 0.2) is 110 Å². The lowest BCUT2D eigenvalue weighted by atomic mass is 10.0. The SMILES string of the molecule is Cc1cccc(CC(=O)[C@@H]2CCC(F)CCN2C(=O)Cn2cc(C(N)=O)c3cc(-c4cnc5c(c4)CCC5)ccc32)n1.Cc1cccc(CC(O)[C@@H]2CCC(F)CCN2)n1.Cl.NC(=O)c1cn(CC(=O)O)c2ccc(-c3cnc4c(c3)CCC4)cc12.S.S=S. The lowest BCUT2D eigenvalue weighted by Gasteiger charge is -2.29. The van der Waals surface area contributed by atoms with Crippen LogP contribution in [0.5, 0.6) is 0 Å². The fourth-order valence-corrected chi connectivity index (χ4v) is 12.3. The normalized spacial score (nSPS) is 17.9. The van der Waals surface area contributed by atoms with E-state index in [4.69, 9.17) is 16.6 Å². The Balaban J connectivity index is 0.000000204. The number of amides is 3. The summed E-state index contributed by atoms with van der Waals surface area (Å²) in [4.78, 5) is 81.9. The number of hydrogen-bond acceptors (Lipinski definition) is 13. The number of likely N-dealkylation sites (tertiary alicyclic amines) is 1. The van der Waals surface area contributed by atoms with Crippen molar-refractivity contribution in [3.63, 3.8) is 0 Å². The van der Waals surface area contributed by atoms with Gasteiger partial charge in [0.15, 0.2) is 5.78 Å². The molecule has 3 amide bonds. The zero-order chi connectivity index (χ0) is 61.9. The van der Waals surface area contributed by atoms with E-state index in [1.54, 1.807) is 16.8 Å². The summed E-state index contributed by atoms with van der Waals surface area (Å²) in [5, 5.41) is 23.8. The summed E-state index contributed by atoms with van der Waals surface area (Å²) >= 11 is 7.33. The molecule has 0 radical (unpaired) electrons. The second-order valence-corrected chi connectivity index (χ2v) is 22.8. The number of carboxylic acids is 1. The van der Waals surface area contributed by atoms with E-state index in [-0.39, 0.29) is 89.0 Å². The van der Waals surface area contributed by atoms with Crippen LogP contribution in [0.3, 0.4) is 0 Å². The quantitative estimate of drug-likeness (QED) is 0.0681. The molecule has 0 saturated carbocycles. The Labute approximate surface area is 539 Å². The first-order chi connectivity index (χ1) is 41.9. The van der Waals surface area contributed by atoms with Gasteiger partial charge in [0.1, 0.15) is 25.4 Å². The Morgan fingerprint density at radius 1 is 0.663 bits per heavy atom. The number of halogens is 3. The number of carbonyl (C=O) groups excluding carboxylic acids is 4. The molecule has 5 atom stereocenters. The average Bonchev–Trinajstić information content (AvgIpc) is 1.74. The zero-order valence-corrected chi connectivity index (χ0v) is 53.2. The van der Waals surface area contributed by atoms with Crippen LogP contribution in [0, 0.1) is 13.8 Å². The van der Waals surface area contributed by atoms with Crippen molar-refractivity contribution in [3.05, 3.63) is 166 Å². The van der Waals surface area contributed by atoms with Gasteiger partial charge in [-0.05, 0) is 180 Å². The van der Waals surface area contributed by atoms with Crippen molar-refractivity contribution >= 4 is 99.6 Å². The third kappa shape index (κ3) is 17.3. The van der Waals surface area contributed by atoms with E-state index in [9.17, 15) is 37.9 Å². The van der Waals surface area contributed by atoms with Crippen LogP contribution in [-0.2, 0) is 88.4 Å². The number of ketones is 1. The third-order valence-corrected chi connectivity index (χ3v) is 16.7. The molecule has 0 bridgehead atoms. The Hall–Kier alpha value is -7.47. The number of pyridine rings is 4. The number of primary amides is 2. The highest BCUT2D eigenvalue weighted by molar-refractivity contribution is 8.07. The summed E-state index contributed by atoms with van der Waals surface area (Å²) in [5.41, 5.74) is 25.1. The number of aliphatic hydroxyl groups is 1. The van der Waals surface area contributed by atoms with Gasteiger partial charge in [-0.15, -0.1) is 12.4 Å². The van der Waals surface area contributed by atoms with Gasteiger partial charge in [0.25, 0.3) is 11.8 Å². The first-order valence-corrected chi connectivity index (χ1v) is 30.8. The van der Waals surface area contributed by atoms with Gasteiger partial charge in [0.05, 0.1) is 29.7 Å². The molecule has 7 N–H and O–H groups in total. The van der Waals surface area contributed by atoms with Crippen molar-refractivity contribution < 1.29 is 43.0 Å². The summed E-state index contributed by atoms with van der Waals surface area (Å²) in [7, 11) is 0. The van der Waals surface area contributed by atoms with Gasteiger partial charge < -0.3 is 41.0 Å². The van der Waals surface area contributed by atoms with Crippen LogP contribution < -0.4 is 16.8 Å². The highest BCUT2D eigenvalue weighted by Crippen LogP contribution is 2.33. The Bertz CT molecular complexity index is 3850. The first-order valence-electron chi connectivity index (χ1n) is 29.5. The molecule has 3 unspecified atom stereocenters. The maximum Gasteiger partial charge on any atom is 0.323 e. The fourth-order valence-electron chi connectivity index (χ4n) is 12.3. The molecule has 8 aromatic rings. The monoisotopic (exact) mass is 1290 g/mol. The Morgan fingerprint density at radius 3 is 1.72 bits per heavy atom. The number of hydrogen-bond donors (Lipinski definition) is 5. The molecule has 12 rings (SSSR count). The van der Waals surface area contributed by atoms with Gasteiger partial charge in [0, 0.05) is 133 Å². The molecule has 8 heterocycles. The molecular weight excluding hydrogens is 1210 g/mol. The maximum atomic E-state index is 14.5. The van der Waals surface area contributed by atoms with E-state index in [0.717, 1.165) is 89.2 Å². The number of fused-ring (bicyclic) bond motifs is 4. The molecule has 17 nitrogen and oxygen atoms in total. The van der Waals surface area contributed by atoms with Crippen molar-refractivity contribution in [3.8, 4) is 22.3 Å². The molecule has 23 heteroatoms. The van der Waals surface area contributed by atoms with Gasteiger partial charge in [-0.1, -0.05) is 24.3 Å². The number of nitrogens with two attached hydrogens (primary N) is 2. The van der Waals surface area contributed by atoms with Crippen molar-refractivity contribution in [1.82, 2.24) is 39.3 Å². The summed E-state index contributed by atoms with van der Waals surface area (Å²) in [6.07, 6.45) is 13.8. The number of aliphatic carboxylic acids is 1. The molecule has 0 spiro atoms. The topological polar surface area (TPSA) is 255 Å². The van der Waals surface area contributed by atoms with E-state index in [0.29, 0.717) is 70.9 Å². The number of Topliss-reactive ketones (excluding diaryl/α,β-unsaturated/α-hetero) is 1. The number of aliphatic hydroxyl groups excluding tert-OH is 1. The summed E-state index contributed by atoms with van der Waals surface area (Å²) < 4.78 is 30.9. The van der Waals surface area contributed by atoms with Crippen LogP contribution in [0.4, 0.5) is 8.78 Å². The number of aromatic nitrogens is 6. The first kappa shape index (κ1) is 69.0. The molecule has 2 aromatic carbocycles. The minimum atomic E-state index is -1.07. The molecule has 6 aromatic heterocycles. The van der Waals surface area contributed by atoms with E-state index in [1.807, 2.05) is 93.0 Å². The van der Waals surface area contributed by atoms with Crippen LogP contribution in [-0.4, -0.2) is 117 Å². The predicted octanol–water partition coefficient (Wildman–Crippen LogP) is 9.20. The van der Waals surface area contributed by atoms with Crippen LogP contribution in [0.25, 0.3) is 44.1 Å². The fraction of sp³-hybridized carbons (Fsp3) is 0.379. The maximum absolute atomic E-state index is 14.5. The Morgan fingerprint density at radius 2 is 1.18 bits per heavy atom. The van der Waals surface area contributed by atoms with Gasteiger partial charge in [0.2, 0.25) is 5.91 Å². The Kier molecular flexibility index (Phi) is 24.7. The van der Waals surface area contributed by atoms with Gasteiger partial charge in [-0.3, -0.25) is 43.9 Å². The molecule has 2 aliphatic carbocycles. The van der Waals surface area contributed by atoms with Gasteiger partial charge in [-0.25, -0.2) is 8.78 Å². The molecule has 2 aliphatic heterocycles. The van der Waals surface area contributed by atoms with Crippen molar-refractivity contribution in [2.24, 2.45) is 11.5 Å². The lowest BCUT2D eigenvalue weighted by molar-refractivity contribution is -0.139.